The Morgan fingerprint density at radius 3 is 2.35 bits per heavy atom. The van der Waals surface area contributed by atoms with Crippen molar-refractivity contribution in [3.05, 3.63) is 64.2 Å². The number of benzene rings is 2. The van der Waals surface area contributed by atoms with Gasteiger partial charge in [-0.25, -0.2) is 0 Å². The maximum absolute atomic E-state index is 12.2. The molecule has 0 radical (unpaired) electrons. The number of anilines is 1. The van der Waals surface area contributed by atoms with E-state index < -0.39 is 17.4 Å². The van der Waals surface area contributed by atoms with Crippen LogP contribution in [0.5, 0.6) is 0 Å². The number of hydrogen-bond donors (Lipinski definition) is 2. The van der Waals surface area contributed by atoms with E-state index in [0.29, 0.717) is 23.6 Å². The van der Waals surface area contributed by atoms with Gasteiger partial charge in [0.1, 0.15) is 0 Å². The van der Waals surface area contributed by atoms with Crippen LogP contribution in [0.15, 0.2) is 42.5 Å². The lowest BCUT2D eigenvalue weighted by molar-refractivity contribution is -0.137. The minimum Gasteiger partial charge on any atom is -0.376 e. The number of nitrogens with one attached hydrogen (secondary N) is 2. The molecule has 0 saturated heterocycles. The lowest BCUT2D eigenvalue weighted by atomic mass is 10.00. The molecule has 1 aliphatic carbocycles. The number of rotatable bonds is 4. The number of carbonyl (C=O) groups excluding carboxylic acids is 2. The zero-order valence-corrected chi connectivity index (χ0v) is 15.5. The molecule has 136 valence electrons. The molecule has 0 unspecified atom stereocenters. The predicted octanol–water partition coefficient (Wildman–Crippen LogP) is 2.89. The summed E-state index contributed by atoms with van der Waals surface area (Å²) in [5, 5.41) is 5.78. The van der Waals surface area contributed by atoms with Crippen molar-refractivity contribution in [2.45, 2.75) is 25.4 Å². The lowest BCUT2D eigenvalue weighted by Crippen LogP contribution is -2.48. The van der Waals surface area contributed by atoms with Crippen LogP contribution in [0.4, 0.5) is 5.69 Å². The number of carbonyl (C=O) groups is 2. The Hall–Kier alpha value is -2.37. The molecule has 0 fully saturated rings. The molecule has 6 heteroatoms. The lowest BCUT2D eigenvalue weighted by Gasteiger charge is -2.27. The van der Waals surface area contributed by atoms with Gasteiger partial charge in [-0.15, -0.1) is 0 Å². The van der Waals surface area contributed by atoms with Gasteiger partial charge < -0.3 is 15.4 Å². The highest BCUT2D eigenvalue weighted by atomic mass is 35.5. The van der Waals surface area contributed by atoms with E-state index in [1.165, 1.54) is 11.1 Å². The molecule has 3 rings (SSSR count). The molecule has 0 aromatic heterocycles. The first-order valence-electron chi connectivity index (χ1n) is 8.40. The monoisotopic (exact) mass is 372 g/mol. The van der Waals surface area contributed by atoms with Crippen molar-refractivity contribution < 1.29 is 14.3 Å². The van der Waals surface area contributed by atoms with Crippen molar-refractivity contribution in [2.75, 3.05) is 19.0 Å². The quantitative estimate of drug-likeness (QED) is 0.811. The first-order valence-corrected chi connectivity index (χ1v) is 8.77. The zero-order chi connectivity index (χ0) is 18.7. The van der Waals surface area contributed by atoms with Crippen LogP contribution in [0.2, 0.25) is 5.02 Å². The molecule has 2 aromatic carbocycles. The number of methoxy groups -OCH3 is 1. The van der Waals surface area contributed by atoms with Crippen molar-refractivity contribution in [3.63, 3.8) is 0 Å². The molecule has 26 heavy (non-hydrogen) atoms. The summed E-state index contributed by atoms with van der Waals surface area (Å²) in [6, 6.07) is 13.2. The molecule has 0 bridgehead atoms. The second-order valence-electron chi connectivity index (χ2n) is 6.61. The van der Waals surface area contributed by atoms with Crippen LogP contribution in [0.3, 0.4) is 0 Å². The van der Waals surface area contributed by atoms with Gasteiger partial charge in [-0.2, -0.15) is 0 Å². The first-order chi connectivity index (χ1) is 12.4. The summed E-state index contributed by atoms with van der Waals surface area (Å²) in [6.45, 7) is 2.13. The molecule has 2 N–H and O–H groups in total. The molecule has 0 aliphatic heterocycles. The highest BCUT2D eigenvalue weighted by Gasteiger charge is 2.37. The van der Waals surface area contributed by atoms with E-state index >= 15 is 0 Å². The second kappa shape index (κ2) is 7.48. The predicted molar refractivity (Wildman–Crippen MR) is 101 cm³/mol. The normalized spacial score (nSPS) is 14.6. The van der Waals surface area contributed by atoms with Crippen LogP contribution in [-0.2, 0) is 27.2 Å². The summed E-state index contributed by atoms with van der Waals surface area (Å²) in [7, 11) is 1.63. The molecule has 0 spiro atoms. The summed E-state index contributed by atoms with van der Waals surface area (Å²) in [5.74, 6) is -1.43. The van der Waals surface area contributed by atoms with Crippen molar-refractivity contribution in [3.8, 4) is 0 Å². The average molecular weight is 373 g/mol. The molecule has 0 atom stereocenters. The molecule has 2 aromatic rings. The summed E-state index contributed by atoms with van der Waals surface area (Å²) < 4.78 is 5.69. The molecular weight excluding hydrogens is 352 g/mol. The van der Waals surface area contributed by atoms with Crippen LogP contribution in [0, 0.1) is 6.92 Å². The topological polar surface area (TPSA) is 67.4 Å². The number of aryl methyl sites for hydroxylation is 1. The van der Waals surface area contributed by atoms with E-state index in [1.54, 1.807) is 25.3 Å². The Morgan fingerprint density at radius 1 is 1.12 bits per heavy atom. The highest BCUT2D eigenvalue weighted by molar-refractivity contribution is 6.39. The second-order valence-corrected chi connectivity index (χ2v) is 7.02. The molecule has 1 aliphatic rings. The van der Waals surface area contributed by atoms with Gasteiger partial charge >= 0.3 is 11.8 Å². The molecule has 2 amide bonds. The SMILES string of the molecule is COC1(CNC(=O)C(=O)Nc2ccc(C)c(Cl)c2)Cc2ccccc2C1. The van der Waals surface area contributed by atoms with Gasteiger partial charge in [0.05, 0.1) is 5.60 Å². The minimum atomic E-state index is -0.730. The molecule has 5 nitrogen and oxygen atoms in total. The number of hydrogen-bond acceptors (Lipinski definition) is 3. The fourth-order valence-corrected chi connectivity index (χ4v) is 3.36. The van der Waals surface area contributed by atoms with Gasteiger partial charge in [0.25, 0.3) is 0 Å². The third-order valence-corrected chi connectivity index (χ3v) is 5.19. The summed E-state index contributed by atoms with van der Waals surface area (Å²) in [5.41, 5.74) is 3.28. The van der Waals surface area contributed by atoms with Gasteiger partial charge in [-0.1, -0.05) is 41.9 Å². The van der Waals surface area contributed by atoms with Gasteiger partial charge in [-0.05, 0) is 35.7 Å². The number of fused-ring (bicyclic) bond motifs is 1. The number of halogens is 1. The summed E-state index contributed by atoms with van der Waals surface area (Å²) in [4.78, 5) is 24.3. The standard InChI is InChI=1S/C20H21ClN2O3/c1-13-7-8-16(9-17(13)21)23-19(25)18(24)22-12-20(26-2)10-14-5-3-4-6-15(14)11-20/h3-9H,10-12H2,1-2H3,(H,22,24)(H,23,25). The minimum absolute atomic E-state index is 0.263. The fraction of sp³-hybridized carbons (Fsp3) is 0.300. The van der Waals surface area contributed by atoms with Gasteiger partial charge in [0.15, 0.2) is 0 Å². The van der Waals surface area contributed by atoms with E-state index in [-0.39, 0.29) is 6.54 Å². The van der Waals surface area contributed by atoms with E-state index in [9.17, 15) is 9.59 Å². The number of ether oxygens (including phenoxy) is 1. The molecule has 0 heterocycles. The summed E-state index contributed by atoms with van der Waals surface area (Å²) in [6.07, 6.45) is 1.41. The van der Waals surface area contributed by atoms with Crippen molar-refractivity contribution >= 4 is 29.1 Å². The van der Waals surface area contributed by atoms with Crippen LogP contribution >= 0.6 is 11.6 Å². The largest absolute Gasteiger partial charge is 0.376 e. The Kier molecular flexibility index (Phi) is 5.30. The Bertz CT molecular complexity index is 826. The van der Waals surface area contributed by atoms with Crippen LogP contribution in [-0.4, -0.2) is 31.1 Å². The average Bonchev–Trinajstić information content (AvgIpc) is 3.02. The third kappa shape index (κ3) is 3.89. The van der Waals surface area contributed by atoms with Gasteiger partial charge in [0, 0.05) is 37.2 Å². The number of amides is 2. The Morgan fingerprint density at radius 2 is 1.77 bits per heavy atom. The van der Waals surface area contributed by atoms with E-state index in [2.05, 4.69) is 22.8 Å². The zero-order valence-electron chi connectivity index (χ0n) is 14.8. The Labute approximate surface area is 157 Å². The van der Waals surface area contributed by atoms with Crippen molar-refractivity contribution in [1.29, 1.82) is 0 Å². The third-order valence-electron chi connectivity index (χ3n) is 4.78. The van der Waals surface area contributed by atoms with Gasteiger partial charge in [0.2, 0.25) is 0 Å². The maximum Gasteiger partial charge on any atom is 0.313 e. The molecule has 0 saturated carbocycles. The van der Waals surface area contributed by atoms with Crippen LogP contribution in [0.25, 0.3) is 0 Å². The summed E-state index contributed by atoms with van der Waals surface area (Å²) >= 11 is 6.04. The van der Waals surface area contributed by atoms with Crippen molar-refractivity contribution in [2.24, 2.45) is 0 Å². The van der Waals surface area contributed by atoms with E-state index in [4.69, 9.17) is 16.3 Å². The van der Waals surface area contributed by atoms with Crippen LogP contribution in [0.1, 0.15) is 16.7 Å². The van der Waals surface area contributed by atoms with Gasteiger partial charge in [-0.3, -0.25) is 9.59 Å². The smallest absolute Gasteiger partial charge is 0.313 e. The molecular formula is C20H21ClN2O3. The van der Waals surface area contributed by atoms with E-state index in [1.807, 2.05) is 19.1 Å². The van der Waals surface area contributed by atoms with Crippen molar-refractivity contribution in [1.82, 2.24) is 5.32 Å². The first kappa shape index (κ1) is 18.4. The van der Waals surface area contributed by atoms with E-state index in [0.717, 1.165) is 5.56 Å². The fourth-order valence-electron chi connectivity index (χ4n) is 3.18. The van der Waals surface area contributed by atoms with Crippen LogP contribution < -0.4 is 10.6 Å². The Balaban J connectivity index is 1.59. The highest BCUT2D eigenvalue weighted by Crippen LogP contribution is 2.32. The maximum atomic E-state index is 12.2.